The number of carbonyl (C=O) groups is 1. The van der Waals surface area contributed by atoms with Gasteiger partial charge in [-0.15, -0.1) is 6.58 Å². The summed E-state index contributed by atoms with van der Waals surface area (Å²) in [7, 11) is 0. The van der Waals surface area contributed by atoms with Crippen LogP contribution < -0.4 is 11.1 Å². The molecule has 1 atom stereocenters. The van der Waals surface area contributed by atoms with Crippen molar-refractivity contribution in [2.75, 3.05) is 26.3 Å². The Hall–Kier alpha value is -0.870. The van der Waals surface area contributed by atoms with Gasteiger partial charge < -0.3 is 15.8 Å². The lowest BCUT2D eigenvalue weighted by Crippen LogP contribution is -2.32. The molecule has 0 aliphatic rings. The number of hydrogen-bond donors (Lipinski definition) is 2. The molecule has 94 valence electrons. The highest BCUT2D eigenvalue weighted by molar-refractivity contribution is 5.78. The van der Waals surface area contributed by atoms with Gasteiger partial charge in [0.25, 0.3) is 0 Å². The van der Waals surface area contributed by atoms with Gasteiger partial charge in [-0.3, -0.25) is 4.79 Å². The van der Waals surface area contributed by atoms with E-state index < -0.39 is 0 Å². The second-order valence-corrected chi connectivity index (χ2v) is 3.81. The number of rotatable bonds is 10. The molecule has 0 aliphatic carbocycles. The summed E-state index contributed by atoms with van der Waals surface area (Å²) in [6, 6.07) is 0. The molecule has 0 saturated heterocycles. The zero-order valence-corrected chi connectivity index (χ0v) is 10.2. The lowest BCUT2D eigenvalue weighted by molar-refractivity contribution is -0.124. The van der Waals surface area contributed by atoms with E-state index in [4.69, 9.17) is 10.5 Å². The Labute approximate surface area is 98.2 Å². The van der Waals surface area contributed by atoms with Crippen LogP contribution in [0.4, 0.5) is 0 Å². The van der Waals surface area contributed by atoms with E-state index in [2.05, 4.69) is 11.9 Å². The minimum atomic E-state index is 0.0386. The van der Waals surface area contributed by atoms with Gasteiger partial charge in [0.05, 0.1) is 13.2 Å². The first kappa shape index (κ1) is 15.1. The Morgan fingerprint density at radius 3 is 2.94 bits per heavy atom. The summed E-state index contributed by atoms with van der Waals surface area (Å²) in [6.45, 7) is 7.96. The molecule has 0 aliphatic heterocycles. The van der Waals surface area contributed by atoms with Crippen molar-refractivity contribution < 1.29 is 9.53 Å². The van der Waals surface area contributed by atoms with E-state index in [0.29, 0.717) is 26.3 Å². The quantitative estimate of drug-likeness (QED) is 0.434. The molecule has 4 nitrogen and oxygen atoms in total. The lowest BCUT2D eigenvalue weighted by Gasteiger charge is -2.11. The predicted molar refractivity (Wildman–Crippen MR) is 66.1 cm³/mol. The van der Waals surface area contributed by atoms with E-state index in [0.717, 1.165) is 19.3 Å². The average Bonchev–Trinajstić information content (AvgIpc) is 2.30. The fraction of sp³-hybridized carbons (Fsp3) is 0.750. The summed E-state index contributed by atoms with van der Waals surface area (Å²) in [5, 5.41) is 2.84. The van der Waals surface area contributed by atoms with Gasteiger partial charge in [0.1, 0.15) is 0 Å². The third-order valence-electron chi connectivity index (χ3n) is 2.30. The number of nitrogens with one attached hydrogen (secondary N) is 1. The molecule has 16 heavy (non-hydrogen) atoms. The Morgan fingerprint density at radius 1 is 1.56 bits per heavy atom. The third-order valence-corrected chi connectivity index (χ3v) is 2.30. The summed E-state index contributed by atoms with van der Waals surface area (Å²) >= 11 is 0. The summed E-state index contributed by atoms with van der Waals surface area (Å²) < 4.78 is 5.28. The Kier molecular flexibility index (Phi) is 10.1. The molecule has 4 heteroatoms. The van der Waals surface area contributed by atoms with Gasteiger partial charge in [0, 0.05) is 12.5 Å². The molecule has 1 unspecified atom stereocenters. The van der Waals surface area contributed by atoms with Crippen LogP contribution in [0.5, 0.6) is 0 Å². The Morgan fingerprint density at radius 2 is 2.31 bits per heavy atom. The number of amides is 1. The van der Waals surface area contributed by atoms with Crippen LogP contribution in [0.2, 0.25) is 0 Å². The molecule has 0 aromatic heterocycles. The van der Waals surface area contributed by atoms with Crippen molar-refractivity contribution in [3.8, 4) is 0 Å². The van der Waals surface area contributed by atoms with Gasteiger partial charge in [0.2, 0.25) is 5.91 Å². The second kappa shape index (κ2) is 10.6. The van der Waals surface area contributed by atoms with Crippen molar-refractivity contribution in [3.63, 3.8) is 0 Å². The van der Waals surface area contributed by atoms with Crippen molar-refractivity contribution in [2.24, 2.45) is 11.7 Å². The minimum Gasteiger partial charge on any atom is -0.379 e. The Bertz CT molecular complexity index is 195. The first-order valence-corrected chi connectivity index (χ1v) is 5.88. The van der Waals surface area contributed by atoms with Gasteiger partial charge in [-0.05, 0) is 25.8 Å². The largest absolute Gasteiger partial charge is 0.379 e. The van der Waals surface area contributed by atoms with E-state index in [1.165, 1.54) is 0 Å². The molecule has 0 aromatic carbocycles. The molecule has 1 amide bonds. The van der Waals surface area contributed by atoms with Crippen molar-refractivity contribution >= 4 is 5.91 Å². The van der Waals surface area contributed by atoms with Crippen LogP contribution in [-0.2, 0) is 9.53 Å². The molecule has 0 aromatic rings. The molecular weight excluding hydrogens is 204 g/mol. The average molecular weight is 228 g/mol. The summed E-state index contributed by atoms with van der Waals surface area (Å²) in [6.07, 6.45) is 4.40. The molecule has 0 spiro atoms. The summed E-state index contributed by atoms with van der Waals surface area (Å²) in [5.41, 5.74) is 5.39. The van der Waals surface area contributed by atoms with Crippen LogP contribution >= 0.6 is 0 Å². The highest BCUT2D eigenvalue weighted by atomic mass is 16.5. The highest BCUT2D eigenvalue weighted by Crippen LogP contribution is 2.03. The minimum absolute atomic E-state index is 0.0386. The van der Waals surface area contributed by atoms with Crippen LogP contribution in [0, 0.1) is 5.92 Å². The monoisotopic (exact) mass is 228 g/mol. The SMILES string of the molecule is C=CCCOCCNC(=O)C(C)CCCN. The fourth-order valence-electron chi connectivity index (χ4n) is 1.24. The van der Waals surface area contributed by atoms with Crippen LogP contribution in [0.15, 0.2) is 12.7 Å². The van der Waals surface area contributed by atoms with E-state index in [-0.39, 0.29) is 11.8 Å². The van der Waals surface area contributed by atoms with Crippen molar-refractivity contribution in [3.05, 3.63) is 12.7 Å². The number of hydrogen-bond acceptors (Lipinski definition) is 3. The topological polar surface area (TPSA) is 64.3 Å². The molecule has 0 fully saturated rings. The van der Waals surface area contributed by atoms with Gasteiger partial charge >= 0.3 is 0 Å². The van der Waals surface area contributed by atoms with E-state index in [1.807, 2.05) is 13.0 Å². The number of ether oxygens (including phenoxy) is 1. The molecule has 0 radical (unpaired) electrons. The normalized spacial score (nSPS) is 12.1. The van der Waals surface area contributed by atoms with E-state index in [1.54, 1.807) is 0 Å². The molecule has 0 saturated carbocycles. The van der Waals surface area contributed by atoms with E-state index in [9.17, 15) is 4.79 Å². The van der Waals surface area contributed by atoms with Crippen molar-refractivity contribution in [1.82, 2.24) is 5.32 Å². The highest BCUT2D eigenvalue weighted by Gasteiger charge is 2.10. The van der Waals surface area contributed by atoms with Gasteiger partial charge in [-0.1, -0.05) is 13.0 Å². The summed E-state index contributed by atoms with van der Waals surface area (Å²) in [4.78, 5) is 11.5. The molecule has 0 rings (SSSR count). The zero-order valence-electron chi connectivity index (χ0n) is 10.2. The molecule has 0 heterocycles. The fourth-order valence-corrected chi connectivity index (χ4v) is 1.24. The third kappa shape index (κ3) is 8.44. The van der Waals surface area contributed by atoms with Gasteiger partial charge in [0.15, 0.2) is 0 Å². The maximum Gasteiger partial charge on any atom is 0.222 e. The Balaban J connectivity index is 3.38. The van der Waals surface area contributed by atoms with E-state index >= 15 is 0 Å². The van der Waals surface area contributed by atoms with Crippen LogP contribution in [0.25, 0.3) is 0 Å². The zero-order chi connectivity index (χ0) is 12.2. The smallest absolute Gasteiger partial charge is 0.222 e. The summed E-state index contributed by atoms with van der Waals surface area (Å²) in [5.74, 6) is 0.123. The molecular formula is C12H24N2O2. The maximum atomic E-state index is 11.5. The standard InChI is InChI=1S/C12H24N2O2/c1-3-4-9-16-10-8-14-12(15)11(2)6-5-7-13/h3,11H,1,4-10,13H2,2H3,(H,14,15). The van der Waals surface area contributed by atoms with Crippen molar-refractivity contribution in [2.45, 2.75) is 26.2 Å². The molecule has 0 bridgehead atoms. The first-order chi connectivity index (χ1) is 7.72. The number of nitrogens with two attached hydrogens (primary N) is 1. The maximum absolute atomic E-state index is 11.5. The lowest BCUT2D eigenvalue weighted by atomic mass is 10.1. The van der Waals surface area contributed by atoms with Gasteiger partial charge in [-0.25, -0.2) is 0 Å². The van der Waals surface area contributed by atoms with Crippen molar-refractivity contribution in [1.29, 1.82) is 0 Å². The van der Waals surface area contributed by atoms with Gasteiger partial charge in [-0.2, -0.15) is 0 Å². The molecule has 3 N–H and O–H groups in total. The predicted octanol–water partition coefficient (Wildman–Crippen LogP) is 1.07. The second-order valence-electron chi connectivity index (χ2n) is 3.81. The first-order valence-electron chi connectivity index (χ1n) is 5.88. The van der Waals surface area contributed by atoms with Crippen LogP contribution in [0.3, 0.4) is 0 Å². The van der Waals surface area contributed by atoms with Crippen LogP contribution in [-0.4, -0.2) is 32.2 Å². The number of carbonyl (C=O) groups excluding carboxylic acids is 1. The van der Waals surface area contributed by atoms with Crippen LogP contribution in [0.1, 0.15) is 26.2 Å².